The SMILES string of the molecule is CC(C)(C)c1ccc(-c2nnc(SCc3cc(=O)n4[nH]cc(C#N)c4n3)o2)cc1. The summed E-state index contributed by atoms with van der Waals surface area (Å²) in [7, 11) is 0. The minimum Gasteiger partial charge on any atom is -0.411 e. The summed E-state index contributed by atoms with van der Waals surface area (Å²) in [5.74, 6) is 0.806. The lowest BCUT2D eigenvalue weighted by molar-refractivity contribution is 0.465. The third-order valence-electron chi connectivity index (χ3n) is 4.42. The van der Waals surface area contributed by atoms with Gasteiger partial charge in [0.2, 0.25) is 5.89 Å². The van der Waals surface area contributed by atoms with Crippen molar-refractivity contribution in [3.05, 3.63) is 63.7 Å². The highest BCUT2D eigenvalue weighted by molar-refractivity contribution is 7.98. The van der Waals surface area contributed by atoms with E-state index in [1.807, 2.05) is 18.2 Å². The molecule has 1 N–H and O–H groups in total. The van der Waals surface area contributed by atoms with Crippen molar-refractivity contribution >= 4 is 17.4 Å². The van der Waals surface area contributed by atoms with Crippen LogP contribution in [0.2, 0.25) is 0 Å². The molecule has 0 aliphatic carbocycles. The molecule has 146 valence electrons. The van der Waals surface area contributed by atoms with Crippen molar-refractivity contribution in [1.82, 2.24) is 24.8 Å². The van der Waals surface area contributed by atoms with E-state index in [4.69, 9.17) is 9.68 Å². The number of nitrogens with zero attached hydrogens (tertiary/aromatic N) is 5. The van der Waals surface area contributed by atoms with Crippen LogP contribution in [0.4, 0.5) is 0 Å². The third kappa shape index (κ3) is 3.79. The Labute approximate surface area is 170 Å². The van der Waals surface area contributed by atoms with Crippen LogP contribution in [0.3, 0.4) is 0 Å². The van der Waals surface area contributed by atoms with Gasteiger partial charge in [-0.3, -0.25) is 9.89 Å². The van der Waals surface area contributed by atoms with E-state index in [1.54, 1.807) is 0 Å². The van der Waals surface area contributed by atoms with E-state index in [9.17, 15) is 4.79 Å². The lowest BCUT2D eigenvalue weighted by atomic mass is 9.87. The molecular weight excluding hydrogens is 388 g/mol. The number of hydrogen-bond acceptors (Lipinski definition) is 7. The van der Waals surface area contributed by atoms with E-state index < -0.39 is 0 Å². The molecule has 4 rings (SSSR count). The van der Waals surface area contributed by atoms with Crippen LogP contribution in [0, 0.1) is 11.3 Å². The summed E-state index contributed by atoms with van der Waals surface area (Å²) in [5, 5.41) is 20.4. The number of nitrogens with one attached hydrogen (secondary N) is 1. The zero-order chi connectivity index (χ0) is 20.6. The maximum Gasteiger partial charge on any atom is 0.277 e. The molecule has 4 aromatic rings. The molecule has 0 bridgehead atoms. The van der Waals surface area contributed by atoms with Crippen LogP contribution < -0.4 is 5.56 Å². The second-order valence-electron chi connectivity index (χ2n) is 7.53. The predicted octanol–water partition coefficient (Wildman–Crippen LogP) is 3.53. The minimum atomic E-state index is -0.280. The molecule has 0 atom stereocenters. The highest BCUT2D eigenvalue weighted by atomic mass is 32.2. The number of aromatic amines is 1. The first-order valence-electron chi connectivity index (χ1n) is 8.92. The van der Waals surface area contributed by atoms with Gasteiger partial charge in [-0.25, -0.2) is 9.50 Å². The lowest BCUT2D eigenvalue weighted by Crippen LogP contribution is -2.15. The van der Waals surface area contributed by atoms with Crippen molar-refractivity contribution in [2.75, 3.05) is 0 Å². The zero-order valence-electron chi connectivity index (χ0n) is 16.1. The fourth-order valence-electron chi connectivity index (χ4n) is 2.82. The fourth-order valence-corrected chi connectivity index (χ4v) is 3.47. The molecule has 0 saturated carbocycles. The van der Waals surface area contributed by atoms with Gasteiger partial charge in [-0.15, -0.1) is 10.2 Å². The van der Waals surface area contributed by atoms with E-state index in [1.165, 1.54) is 34.1 Å². The first-order chi connectivity index (χ1) is 13.8. The molecule has 0 amide bonds. The molecule has 0 unspecified atom stereocenters. The minimum absolute atomic E-state index is 0.0755. The Morgan fingerprint density at radius 3 is 2.69 bits per heavy atom. The van der Waals surface area contributed by atoms with Gasteiger partial charge in [-0.1, -0.05) is 44.7 Å². The molecule has 0 spiro atoms. The molecule has 3 aromatic heterocycles. The van der Waals surface area contributed by atoms with Gasteiger partial charge in [-0.05, 0) is 23.1 Å². The molecule has 1 aromatic carbocycles. The summed E-state index contributed by atoms with van der Waals surface area (Å²) in [6.45, 7) is 6.48. The van der Waals surface area contributed by atoms with Crippen LogP contribution in [0.1, 0.15) is 37.6 Å². The largest absolute Gasteiger partial charge is 0.411 e. The van der Waals surface area contributed by atoms with Gasteiger partial charge < -0.3 is 4.42 Å². The number of aromatic nitrogens is 5. The Bertz CT molecular complexity index is 1270. The van der Waals surface area contributed by atoms with E-state index >= 15 is 0 Å². The summed E-state index contributed by atoms with van der Waals surface area (Å²) < 4.78 is 6.97. The maximum atomic E-state index is 12.1. The maximum absolute atomic E-state index is 12.1. The average Bonchev–Trinajstić information content (AvgIpc) is 3.33. The molecule has 29 heavy (non-hydrogen) atoms. The van der Waals surface area contributed by atoms with E-state index in [0.29, 0.717) is 33.8 Å². The number of nitriles is 1. The third-order valence-corrected chi connectivity index (χ3v) is 5.27. The first-order valence-corrected chi connectivity index (χ1v) is 9.91. The first kappa shape index (κ1) is 19.0. The second kappa shape index (κ2) is 7.22. The molecule has 0 fully saturated rings. The van der Waals surface area contributed by atoms with Crippen LogP contribution in [0.15, 0.2) is 51.0 Å². The van der Waals surface area contributed by atoms with Crippen molar-refractivity contribution in [2.24, 2.45) is 0 Å². The number of H-pyrrole nitrogens is 1. The summed E-state index contributed by atoms with van der Waals surface area (Å²) in [4.78, 5) is 16.5. The Balaban J connectivity index is 1.51. The second-order valence-corrected chi connectivity index (χ2v) is 8.46. The van der Waals surface area contributed by atoms with Gasteiger partial charge >= 0.3 is 0 Å². The standard InChI is InChI=1S/C20H18N6O2S/c1-20(2,3)14-6-4-12(5-7-14)18-24-25-19(28-18)29-11-15-8-16(27)26-17(23-15)13(9-21)10-22-26/h4-8,10,22H,11H2,1-3H3. The highest BCUT2D eigenvalue weighted by Gasteiger charge is 2.15. The number of hydrogen-bond donors (Lipinski definition) is 1. The quantitative estimate of drug-likeness (QED) is 0.516. The highest BCUT2D eigenvalue weighted by Crippen LogP contribution is 2.28. The number of rotatable bonds is 4. The van der Waals surface area contributed by atoms with Crippen LogP contribution in [0.5, 0.6) is 0 Å². The molecule has 3 heterocycles. The predicted molar refractivity (Wildman–Crippen MR) is 109 cm³/mol. The fraction of sp³-hybridized carbons (Fsp3) is 0.250. The van der Waals surface area contributed by atoms with Gasteiger partial charge in [0.25, 0.3) is 10.8 Å². The summed E-state index contributed by atoms with van der Waals surface area (Å²) >= 11 is 1.29. The van der Waals surface area contributed by atoms with Gasteiger partial charge in [0.15, 0.2) is 5.65 Å². The smallest absolute Gasteiger partial charge is 0.277 e. The Morgan fingerprint density at radius 2 is 2.00 bits per heavy atom. The number of thioether (sulfide) groups is 1. The van der Waals surface area contributed by atoms with Crippen molar-refractivity contribution in [3.8, 4) is 17.5 Å². The number of fused-ring (bicyclic) bond motifs is 1. The Hall–Kier alpha value is -3.38. The molecule has 9 heteroatoms. The molecule has 0 aliphatic rings. The van der Waals surface area contributed by atoms with Crippen LogP contribution in [-0.2, 0) is 11.2 Å². The van der Waals surface area contributed by atoms with Gasteiger partial charge in [0.1, 0.15) is 11.6 Å². The van der Waals surface area contributed by atoms with E-state index in [-0.39, 0.29) is 11.0 Å². The van der Waals surface area contributed by atoms with Crippen molar-refractivity contribution in [3.63, 3.8) is 0 Å². The molecule has 8 nitrogen and oxygen atoms in total. The van der Waals surface area contributed by atoms with Gasteiger partial charge in [0, 0.05) is 23.6 Å². The Morgan fingerprint density at radius 1 is 1.24 bits per heavy atom. The van der Waals surface area contributed by atoms with Crippen molar-refractivity contribution in [2.45, 2.75) is 37.2 Å². The Kier molecular flexibility index (Phi) is 4.72. The van der Waals surface area contributed by atoms with Crippen LogP contribution >= 0.6 is 11.8 Å². The monoisotopic (exact) mass is 406 g/mol. The summed E-state index contributed by atoms with van der Waals surface area (Å²) in [5.41, 5.74) is 3.02. The zero-order valence-corrected chi connectivity index (χ0v) is 16.9. The van der Waals surface area contributed by atoms with Crippen molar-refractivity contribution in [1.29, 1.82) is 5.26 Å². The molecular formula is C20H18N6O2S. The van der Waals surface area contributed by atoms with Gasteiger partial charge in [-0.2, -0.15) is 5.26 Å². The average molecular weight is 406 g/mol. The van der Waals surface area contributed by atoms with Crippen LogP contribution in [-0.4, -0.2) is 24.8 Å². The number of benzene rings is 1. The summed E-state index contributed by atoms with van der Waals surface area (Å²) in [6.07, 6.45) is 1.45. The normalized spacial score (nSPS) is 11.7. The lowest BCUT2D eigenvalue weighted by Gasteiger charge is -2.18. The summed E-state index contributed by atoms with van der Waals surface area (Å²) in [6, 6.07) is 11.5. The molecule has 0 radical (unpaired) electrons. The topological polar surface area (TPSA) is 113 Å². The van der Waals surface area contributed by atoms with Crippen LogP contribution in [0.25, 0.3) is 17.1 Å². The molecule has 0 saturated heterocycles. The van der Waals surface area contributed by atoms with E-state index in [2.05, 4.69) is 53.2 Å². The van der Waals surface area contributed by atoms with E-state index in [0.717, 1.165) is 5.56 Å². The molecule has 0 aliphatic heterocycles. The van der Waals surface area contributed by atoms with Crippen molar-refractivity contribution < 1.29 is 4.42 Å². The van der Waals surface area contributed by atoms with Gasteiger partial charge in [0.05, 0.1) is 5.69 Å².